The second-order valence-corrected chi connectivity index (χ2v) is 12.2. The third kappa shape index (κ3) is 6.39. The van der Waals surface area contributed by atoms with Crippen molar-refractivity contribution in [2.75, 3.05) is 7.11 Å². The van der Waals surface area contributed by atoms with Gasteiger partial charge in [0.25, 0.3) is 0 Å². The van der Waals surface area contributed by atoms with Crippen molar-refractivity contribution in [1.82, 2.24) is 0 Å². The number of hydrogen-bond acceptors (Lipinski definition) is 3. The highest BCUT2D eigenvalue weighted by molar-refractivity contribution is 5.71. The Bertz CT molecular complexity index is 1430. The molecule has 7 heteroatoms. The molecule has 0 amide bonds. The monoisotopic (exact) mass is 566 g/mol. The Balaban J connectivity index is 1.48. The Hall–Kier alpha value is -3.48. The van der Waals surface area contributed by atoms with E-state index in [0.29, 0.717) is 29.2 Å². The molecule has 2 aliphatic carbocycles. The van der Waals surface area contributed by atoms with Crippen LogP contribution in [-0.4, -0.2) is 18.2 Å². The van der Waals surface area contributed by atoms with Gasteiger partial charge in [-0.05, 0) is 95.5 Å². The van der Waals surface area contributed by atoms with E-state index in [1.165, 1.54) is 31.4 Å². The van der Waals surface area contributed by atoms with Crippen LogP contribution in [-0.2, 0) is 11.4 Å². The van der Waals surface area contributed by atoms with Crippen LogP contribution >= 0.6 is 0 Å². The topological polar surface area (TPSA) is 55.8 Å². The molecule has 4 nitrogen and oxygen atoms in total. The molecule has 41 heavy (non-hydrogen) atoms. The highest BCUT2D eigenvalue weighted by atomic mass is 19.1. The lowest BCUT2D eigenvalue weighted by molar-refractivity contribution is -0.137. The third-order valence-corrected chi connectivity index (χ3v) is 8.87. The number of rotatable bonds is 11. The van der Waals surface area contributed by atoms with Gasteiger partial charge in [0.1, 0.15) is 24.0 Å². The Morgan fingerprint density at radius 1 is 1.02 bits per heavy atom. The molecule has 1 N–H and O–H groups in total. The van der Waals surface area contributed by atoms with E-state index in [1.54, 1.807) is 24.3 Å². The van der Waals surface area contributed by atoms with Crippen molar-refractivity contribution >= 4 is 5.97 Å². The number of carboxylic acids is 1. The first-order valence-corrected chi connectivity index (χ1v) is 14.4. The largest absolute Gasteiger partial charge is 0.497 e. The first kappa shape index (κ1) is 29.0. The second kappa shape index (κ2) is 11.8. The zero-order chi connectivity index (χ0) is 29.3. The van der Waals surface area contributed by atoms with Crippen molar-refractivity contribution in [2.24, 2.45) is 11.3 Å². The summed E-state index contributed by atoms with van der Waals surface area (Å²) in [5, 5.41) is 9.40. The predicted molar refractivity (Wildman–Crippen MR) is 152 cm³/mol. The number of methoxy groups -OCH3 is 1. The number of aliphatic carboxylic acids is 1. The van der Waals surface area contributed by atoms with Crippen molar-refractivity contribution in [1.29, 1.82) is 0 Å². The van der Waals surface area contributed by atoms with E-state index in [-0.39, 0.29) is 41.2 Å². The molecule has 5 rings (SSSR count). The van der Waals surface area contributed by atoms with Gasteiger partial charge in [-0.25, -0.2) is 13.2 Å². The molecule has 2 saturated carbocycles. The minimum absolute atomic E-state index is 0.0428. The first-order chi connectivity index (χ1) is 19.6. The molecule has 0 unspecified atom stereocenters. The average molecular weight is 567 g/mol. The molecule has 3 aromatic rings. The van der Waals surface area contributed by atoms with Crippen LogP contribution in [0.2, 0.25) is 0 Å². The third-order valence-electron chi connectivity index (χ3n) is 8.87. The number of benzene rings is 3. The van der Waals surface area contributed by atoms with Crippen LogP contribution in [0.4, 0.5) is 13.2 Å². The smallest absolute Gasteiger partial charge is 0.303 e. The maximum absolute atomic E-state index is 15.6. The van der Waals surface area contributed by atoms with E-state index in [1.807, 2.05) is 0 Å². The standard InChI is InChI=1S/C34H37F3O4/c1-34(2)13-5-7-28(34)26-15-22(30(36)18-25(26)27-17-23(40-3)11-12-29(27)35)19-41-31-8-4-6-24(33(31)37)21(16-32(38)39)14-20-9-10-20/h4,6,8,11-12,15,17-18,20-21,28H,5,7,9-10,13-14,16,19H2,1-3H3,(H,38,39)/t21-,28-/m0/s1. The lowest BCUT2D eigenvalue weighted by atomic mass is 9.75. The molecular formula is C34H37F3O4. The zero-order valence-corrected chi connectivity index (χ0v) is 23.8. The van der Waals surface area contributed by atoms with Gasteiger partial charge in [-0.2, -0.15) is 0 Å². The van der Waals surface area contributed by atoms with Crippen molar-refractivity contribution in [3.05, 3.63) is 82.7 Å². The average Bonchev–Trinajstić information content (AvgIpc) is 3.68. The number of carboxylic acid groups (broad SMARTS) is 1. The van der Waals surface area contributed by atoms with Gasteiger partial charge in [0, 0.05) is 11.1 Å². The molecule has 0 aromatic heterocycles. The van der Waals surface area contributed by atoms with Crippen molar-refractivity contribution in [3.63, 3.8) is 0 Å². The molecule has 0 radical (unpaired) electrons. The molecule has 3 aromatic carbocycles. The fourth-order valence-electron chi connectivity index (χ4n) is 6.41. The van der Waals surface area contributed by atoms with Crippen LogP contribution in [0.25, 0.3) is 11.1 Å². The van der Waals surface area contributed by atoms with E-state index >= 15 is 13.2 Å². The van der Waals surface area contributed by atoms with Gasteiger partial charge in [-0.1, -0.05) is 45.2 Å². The van der Waals surface area contributed by atoms with E-state index < -0.39 is 29.3 Å². The Morgan fingerprint density at radius 3 is 2.46 bits per heavy atom. The quantitative estimate of drug-likeness (QED) is 0.252. The van der Waals surface area contributed by atoms with Gasteiger partial charge in [-0.15, -0.1) is 0 Å². The predicted octanol–water partition coefficient (Wildman–Crippen LogP) is 9.01. The highest BCUT2D eigenvalue weighted by Crippen LogP contribution is 2.52. The van der Waals surface area contributed by atoms with E-state index in [2.05, 4.69) is 13.8 Å². The van der Waals surface area contributed by atoms with Gasteiger partial charge in [0.05, 0.1) is 13.5 Å². The van der Waals surface area contributed by atoms with Crippen LogP contribution in [0.15, 0.2) is 48.5 Å². The maximum atomic E-state index is 15.6. The molecule has 0 heterocycles. The van der Waals surface area contributed by atoms with E-state index in [9.17, 15) is 9.90 Å². The summed E-state index contributed by atoms with van der Waals surface area (Å²) in [4.78, 5) is 11.5. The molecule has 0 bridgehead atoms. The lowest BCUT2D eigenvalue weighted by Gasteiger charge is -2.30. The first-order valence-electron chi connectivity index (χ1n) is 14.4. The van der Waals surface area contributed by atoms with Crippen LogP contribution in [0, 0.1) is 28.8 Å². The number of hydrogen-bond donors (Lipinski definition) is 1. The van der Waals surface area contributed by atoms with Gasteiger partial charge in [-0.3, -0.25) is 4.79 Å². The fraction of sp³-hybridized carbons (Fsp3) is 0.441. The van der Waals surface area contributed by atoms with Gasteiger partial charge < -0.3 is 14.6 Å². The Kier molecular flexibility index (Phi) is 8.35. The van der Waals surface area contributed by atoms with E-state index in [0.717, 1.165) is 37.7 Å². The summed E-state index contributed by atoms with van der Waals surface area (Å²) < 4.78 is 57.5. The van der Waals surface area contributed by atoms with E-state index in [4.69, 9.17) is 9.47 Å². The summed E-state index contributed by atoms with van der Waals surface area (Å²) in [5.74, 6) is -2.14. The van der Waals surface area contributed by atoms with Crippen LogP contribution in [0.3, 0.4) is 0 Å². The molecule has 0 aliphatic heterocycles. The molecular weight excluding hydrogens is 529 g/mol. The number of ether oxygens (including phenoxy) is 2. The SMILES string of the molecule is COc1ccc(F)c(-c2cc(F)c(COc3cccc([C@H](CC(=O)O)CC4CC4)c3F)cc2[C@@H]2CCCC2(C)C)c1. The summed E-state index contributed by atoms with van der Waals surface area (Å²) in [6.07, 6.45) is 5.42. The van der Waals surface area contributed by atoms with Crippen molar-refractivity contribution < 1.29 is 32.5 Å². The lowest BCUT2D eigenvalue weighted by Crippen LogP contribution is -2.17. The minimum Gasteiger partial charge on any atom is -0.497 e. The minimum atomic E-state index is -0.974. The summed E-state index contributed by atoms with van der Waals surface area (Å²) in [7, 11) is 1.50. The molecule has 218 valence electrons. The van der Waals surface area contributed by atoms with Gasteiger partial charge in [0.15, 0.2) is 11.6 Å². The van der Waals surface area contributed by atoms with Gasteiger partial charge >= 0.3 is 5.97 Å². The number of carbonyl (C=O) groups is 1. The number of halogens is 3. The molecule has 0 saturated heterocycles. The molecule has 2 atom stereocenters. The second-order valence-electron chi connectivity index (χ2n) is 12.2. The van der Waals surface area contributed by atoms with Crippen LogP contribution in [0.5, 0.6) is 11.5 Å². The summed E-state index contributed by atoms with van der Waals surface area (Å²) in [5.41, 5.74) is 2.08. The Labute approximate surface area is 239 Å². The molecule has 2 aliphatic rings. The maximum Gasteiger partial charge on any atom is 0.303 e. The summed E-state index contributed by atoms with van der Waals surface area (Å²) in [6.45, 7) is 4.12. The fourth-order valence-corrected chi connectivity index (χ4v) is 6.41. The normalized spacial score (nSPS) is 18.7. The molecule has 0 spiro atoms. The Morgan fingerprint density at radius 2 is 1.80 bits per heavy atom. The highest BCUT2D eigenvalue weighted by Gasteiger charge is 2.37. The van der Waals surface area contributed by atoms with Crippen molar-refractivity contribution in [2.45, 2.75) is 77.2 Å². The molecule has 2 fully saturated rings. The van der Waals surface area contributed by atoms with Crippen LogP contribution < -0.4 is 9.47 Å². The van der Waals surface area contributed by atoms with Gasteiger partial charge in [0.2, 0.25) is 0 Å². The summed E-state index contributed by atoms with van der Waals surface area (Å²) in [6, 6.07) is 12.3. The summed E-state index contributed by atoms with van der Waals surface area (Å²) >= 11 is 0. The zero-order valence-electron chi connectivity index (χ0n) is 23.8. The van der Waals surface area contributed by atoms with Crippen LogP contribution in [0.1, 0.15) is 87.3 Å². The van der Waals surface area contributed by atoms with Crippen molar-refractivity contribution in [3.8, 4) is 22.6 Å².